The molecule has 3 aromatic rings. The monoisotopic (exact) mass is 1030 g/mol. The van der Waals surface area contributed by atoms with Gasteiger partial charge in [-0.1, -0.05) is 13.3 Å². The van der Waals surface area contributed by atoms with Crippen LogP contribution in [0, 0.1) is 6.92 Å². The number of nitrogens with zero attached hydrogens (tertiary/aromatic N) is 7. The van der Waals surface area contributed by atoms with Crippen molar-refractivity contribution >= 4 is 40.3 Å². The maximum absolute atomic E-state index is 11.4. The zero-order valence-electron chi connectivity index (χ0n) is 34.0. The van der Waals surface area contributed by atoms with Gasteiger partial charge in [-0.3, -0.25) is 0 Å². The van der Waals surface area contributed by atoms with Crippen LogP contribution in [0.5, 0.6) is 0 Å². The highest BCUT2D eigenvalue weighted by Crippen LogP contribution is 2.36. The van der Waals surface area contributed by atoms with Crippen LogP contribution in [-0.4, -0.2) is 105 Å². The number of rotatable bonds is 12. The first-order chi connectivity index (χ1) is 28.1. The molecule has 0 N–H and O–H groups in total. The van der Waals surface area contributed by atoms with Crippen molar-refractivity contribution in [3.8, 4) is 0 Å². The molecule has 0 fully saturated rings. The van der Waals surface area contributed by atoms with Crippen LogP contribution >= 0.6 is 0 Å². The first-order valence-electron chi connectivity index (χ1n) is 16.6. The molecule has 372 valence electrons. The number of sulfonamides is 2. The molecule has 0 amide bonds. The van der Waals surface area contributed by atoms with Crippen molar-refractivity contribution in [1.82, 2.24) is 13.7 Å². The van der Waals surface area contributed by atoms with E-state index in [9.17, 15) is 69.5 Å². The van der Waals surface area contributed by atoms with Crippen molar-refractivity contribution in [2.75, 3.05) is 26.9 Å². The summed E-state index contributed by atoms with van der Waals surface area (Å²) in [5.74, 6) is 1.30. The Morgan fingerprint density at radius 2 is 1.00 bits per heavy atom. The third kappa shape index (κ3) is 27.4. The van der Waals surface area contributed by atoms with E-state index in [1.165, 1.54) is 18.7 Å². The largest absolute Gasteiger partial charge is 0.741 e. The quantitative estimate of drug-likeness (QED) is 0.0837. The second-order valence-corrected chi connectivity index (χ2v) is 17.7. The Kier molecular flexibility index (Phi) is 27.3. The molecule has 63 heavy (non-hydrogen) atoms. The fraction of sp³-hybridized carbons (Fsp3) is 0.679. The number of aryl methyl sites for hydroxylation is 5. The first-order valence-corrected chi connectivity index (χ1v) is 22.3. The van der Waals surface area contributed by atoms with Crippen LogP contribution in [0.3, 0.4) is 0 Å². The van der Waals surface area contributed by atoms with E-state index in [1.807, 2.05) is 37.4 Å². The van der Waals surface area contributed by atoms with Gasteiger partial charge in [-0.25, -0.2) is 61.1 Å². The van der Waals surface area contributed by atoms with Gasteiger partial charge in [0.2, 0.25) is 12.7 Å². The van der Waals surface area contributed by atoms with E-state index >= 15 is 0 Å². The summed E-state index contributed by atoms with van der Waals surface area (Å²) in [5, 5.41) is 0. The number of halogens is 12. The van der Waals surface area contributed by atoms with Gasteiger partial charge in [0, 0.05) is 14.0 Å². The predicted octanol–water partition coefficient (Wildman–Crippen LogP) is 2.89. The van der Waals surface area contributed by atoms with Gasteiger partial charge in [-0.2, -0.15) is 52.7 Å². The smallest absolute Gasteiger partial charge is 0.485 e. The molecule has 0 aliphatic rings. The maximum atomic E-state index is 11.4. The fourth-order valence-corrected chi connectivity index (χ4v) is 4.88. The summed E-state index contributed by atoms with van der Waals surface area (Å²) in [4.78, 5) is 0. The van der Waals surface area contributed by atoms with Crippen molar-refractivity contribution in [2.45, 2.75) is 75.3 Å². The zero-order chi connectivity index (χ0) is 50.5. The van der Waals surface area contributed by atoms with Crippen molar-refractivity contribution < 1.29 is 119 Å². The van der Waals surface area contributed by atoms with Crippen LogP contribution in [0.1, 0.15) is 32.5 Å². The van der Waals surface area contributed by atoms with Crippen LogP contribution < -0.4 is 13.7 Å². The summed E-state index contributed by atoms with van der Waals surface area (Å²) in [6.45, 7) is 11.6. The molecule has 3 aromatic heterocycles. The standard InChI is InChI=1S/C9H17N2O2.C8H15N2.C7H13N2.C2F6NO4S2.2CHF3O3S/c1-10-3-4-11(9-10)5-6-13-8-7-12-2;1-3-4-5-10-7-6-9(2)8-10;1-4-9-6-5-8(3)7(9)2;3-1(4,5)14(10,11)9-15(12,13)2(6,7)8;2*2-1(3,4)8(5,6)7/h3-4,9H,5-8H2,1-2H3;6-8H,3-5H2,1-2H3;5-6H,4H2,1-3H3;;2*(H,5,6,7)/q3*+1;-1;;/p-2. The third-order valence-electron chi connectivity index (χ3n) is 6.43. The molecule has 19 nitrogen and oxygen atoms in total. The molecule has 0 aliphatic carbocycles. The van der Waals surface area contributed by atoms with Crippen molar-refractivity contribution in [3.63, 3.8) is 0 Å². The average molecular weight is 1030 g/mol. The van der Waals surface area contributed by atoms with E-state index in [1.54, 1.807) is 7.11 Å². The van der Waals surface area contributed by atoms with Gasteiger partial charge in [-0.15, -0.1) is 0 Å². The molecule has 0 saturated heterocycles. The molecule has 35 heteroatoms. The molecule has 0 saturated carbocycles. The van der Waals surface area contributed by atoms with Crippen molar-refractivity contribution in [3.05, 3.63) is 59.8 Å². The SMILES string of the molecule is CCCCn1cc[n+](C)c1.CCn1cc[n+](C)c1C.COCCOCCn1cc[n+](C)c1.O=S(=O)([N-]S(=O)(=O)C(F)(F)F)C(F)(F)F.O=S(=O)([O-])C(F)(F)F.O=S(=O)([O-])C(F)(F)F. The predicted molar refractivity (Wildman–Crippen MR) is 190 cm³/mol. The van der Waals surface area contributed by atoms with Crippen LogP contribution in [0.2, 0.25) is 0 Å². The lowest BCUT2D eigenvalue weighted by molar-refractivity contribution is -0.677. The van der Waals surface area contributed by atoms with Gasteiger partial charge in [-0.05, 0) is 13.3 Å². The molecule has 0 atom stereocenters. The molecular formula is C28H45F12N7O12S4. The summed E-state index contributed by atoms with van der Waals surface area (Å²) in [6, 6.07) is 0. The molecule has 0 aliphatic heterocycles. The Balaban J connectivity index is -0.000000697. The van der Waals surface area contributed by atoms with Gasteiger partial charge in [0.15, 0.2) is 40.3 Å². The molecule has 0 aromatic carbocycles. The minimum absolute atomic E-state index is 0.666. The van der Waals surface area contributed by atoms with Gasteiger partial charge in [0.25, 0.3) is 5.82 Å². The number of aromatic nitrogens is 6. The number of unbranched alkanes of at least 4 members (excludes halogenated alkanes) is 1. The number of hydrogen-bond donors (Lipinski definition) is 0. The number of hydrogen-bond acceptors (Lipinski definition) is 12. The van der Waals surface area contributed by atoms with E-state index < -0.39 is 62.3 Å². The fourth-order valence-electron chi connectivity index (χ4n) is 3.17. The highest BCUT2D eigenvalue weighted by molar-refractivity contribution is 8.13. The first kappa shape index (κ1) is 63.7. The van der Waals surface area contributed by atoms with Crippen molar-refractivity contribution in [2.24, 2.45) is 21.1 Å². The Labute approximate surface area is 355 Å². The van der Waals surface area contributed by atoms with Crippen LogP contribution in [0.25, 0.3) is 4.13 Å². The lowest BCUT2D eigenvalue weighted by atomic mass is 10.3. The van der Waals surface area contributed by atoms with Crippen molar-refractivity contribution in [1.29, 1.82) is 0 Å². The average Bonchev–Trinajstić information content (AvgIpc) is 3.81. The van der Waals surface area contributed by atoms with E-state index in [0.29, 0.717) is 13.2 Å². The second-order valence-electron chi connectivity index (χ2n) is 11.6. The van der Waals surface area contributed by atoms with Crippen LogP contribution in [0.4, 0.5) is 52.7 Å². The van der Waals surface area contributed by atoms with Crippen LogP contribution in [-0.2, 0) is 90.5 Å². The lowest BCUT2D eigenvalue weighted by Gasteiger charge is -2.22. The van der Waals surface area contributed by atoms with E-state index in [4.69, 9.17) is 35.4 Å². The highest BCUT2D eigenvalue weighted by atomic mass is 32.3. The van der Waals surface area contributed by atoms with Gasteiger partial charge < -0.3 is 22.7 Å². The van der Waals surface area contributed by atoms with E-state index in [0.717, 1.165) is 30.4 Å². The number of methoxy groups -OCH3 is 1. The number of ether oxygens (including phenoxy) is 2. The van der Waals surface area contributed by atoms with E-state index in [2.05, 4.69) is 81.8 Å². The normalized spacial score (nSPS) is 12.5. The Morgan fingerprint density at radius 3 is 1.24 bits per heavy atom. The lowest BCUT2D eigenvalue weighted by Crippen LogP contribution is -2.30. The zero-order valence-corrected chi connectivity index (χ0v) is 37.2. The molecule has 0 spiro atoms. The summed E-state index contributed by atoms with van der Waals surface area (Å²) in [6.07, 6.45) is 19.0. The maximum Gasteiger partial charge on any atom is 0.485 e. The summed E-state index contributed by atoms with van der Waals surface area (Å²) in [7, 11) is -17.8. The summed E-state index contributed by atoms with van der Waals surface area (Å²) < 4.78 is 250. The Hall–Kier alpha value is -3.61. The molecule has 0 unspecified atom stereocenters. The van der Waals surface area contributed by atoms with Gasteiger partial charge in [0.1, 0.15) is 43.7 Å². The van der Waals surface area contributed by atoms with E-state index in [-0.39, 0.29) is 0 Å². The van der Waals surface area contributed by atoms with Gasteiger partial charge in [0.05, 0.1) is 54.1 Å². The number of alkyl halides is 12. The summed E-state index contributed by atoms with van der Waals surface area (Å²) in [5.41, 5.74) is -23.7. The third-order valence-corrected chi connectivity index (χ3v) is 10.3. The Bertz CT molecular complexity index is 2120. The Morgan fingerprint density at radius 1 is 0.619 bits per heavy atom. The number of imidazole rings is 3. The van der Waals surface area contributed by atoms with Gasteiger partial charge >= 0.3 is 22.0 Å². The molecule has 0 radical (unpaired) electrons. The molecule has 0 bridgehead atoms. The minimum Gasteiger partial charge on any atom is -0.741 e. The minimum atomic E-state index is -6.72. The molecular weight excluding hydrogens is 983 g/mol. The highest BCUT2D eigenvalue weighted by Gasteiger charge is 2.47. The topological polar surface area (TPSA) is 242 Å². The van der Waals surface area contributed by atoms with Crippen LogP contribution in [0.15, 0.2) is 49.8 Å². The summed E-state index contributed by atoms with van der Waals surface area (Å²) >= 11 is 0. The molecule has 3 heterocycles. The molecule has 3 rings (SSSR count). The second kappa shape index (κ2) is 27.0.